The van der Waals surface area contributed by atoms with Crippen LogP contribution in [0.15, 0.2) is 41.8 Å². The zero-order valence-corrected chi connectivity index (χ0v) is 11.9. The predicted octanol–water partition coefficient (Wildman–Crippen LogP) is 3.11. The van der Waals surface area contributed by atoms with Gasteiger partial charge in [-0.3, -0.25) is 0 Å². The van der Waals surface area contributed by atoms with E-state index in [2.05, 4.69) is 34.8 Å². The lowest BCUT2D eigenvalue weighted by Gasteiger charge is -2.17. The van der Waals surface area contributed by atoms with E-state index in [1.54, 1.807) is 23.5 Å². The van der Waals surface area contributed by atoms with Gasteiger partial charge < -0.3 is 10.2 Å². The van der Waals surface area contributed by atoms with Crippen molar-refractivity contribution in [1.82, 2.24) is 10.2 Å². The monoisotopic (exact) mass is 278 g/mol. The third kappa shape index (κ3) is 5.11. The molecule has 0 spiro atoms. The summed E-state index contributed by atoms with van der Waals surface area (Å²) in [4.78, 5) is 3.55. The van der Waals surface area contributed by atoms with E-state index in [-0.39, 0.29) is 5.82 Å². The number of benzene rings is 1. The van der Waals surface area contributed by atoms with E-state index in [0.717, 1.165) is 31.7 Å². The molecule has 19 heavy (non-hydrogen) atoms. The van der Waals surface area contributed by atoms with Gasteiger partial charge in [0.25, 0.3) is 0 Å². The molecule has 1 aromatic heterocycles. The number of nitrogens with one attached hydrogen (secondary N) is 1. The maximum absolute atomic E-state index is 13.1. The molecule has 0 aliphatic heterocycles. The predicted molar refractivity (Wildman–Crippen MR) is 78.8 cm³/mol. The van der Waals surface area contributed by atoms with E-state index < -0.39 is 0 Å². The second kappa shape index (κ2) is 7.38. The summed E-state index contributed by atoms with van der Waals surface area (Å²) in [5, 5.41) is 5.50. The number of thiophene rings is 1. The van der Waals surface area contributed by atoms with E-state index in [4.69, 9.17) is 0 Å². The standard InChI is InChI=1S/C15H19FN2S/c1-18(12-13-4-2-5-14(16)10-13)8-7-17-11-15-6-3-9-19-15/h2-6,9-10,17H,7-8,11-12H2,1H3. The lowest BCUT2D eigenvalue weighted by molar-refractivity contribution is 0.324. The van der Waals surface area contributed by atoms with E-state index in [9.17, 15) is 4.39 Å². The van der Waals surface area contributed by atoms with Gasteiger partial charge in [0.15, 0.2) is 0 Å². The van der Waals surface area contributed by atoms with Gasteiger partial charge in [-0.2, -0.15) is 0 Å². The van der Waals surface area contributed by atoms with Gasteiger partial charge in [-0.25, -0.2) is 4.39 Å². The molecule has 102 valence electrons. The van der Waals surface area contributed by atoms with Gasteiger partial charge in [0, 0.05) is 31.1 Å². The molecule has 4 heteroatoms. The molecule has 1 heterocycles. The maximum atomic E-state index is 13.1. The van der Waals surface area contributed by atoms with Crippen LogP contribution in [-0.2, 0) is 13.1 Å². The van der Waals surface area contributed by atoms with Crippen molar-refractivity contribution in [3.05, 3.63) is 58.0 Å². The first-order chi connectivity index (χ1) is 9.24. The zero-order chi connectivity index (χ0) is 13.5. The first kappa shape index (κ1) is 14.2. The fourth-order valence-electron chi connectivity index (χ4n) is 1.92. The zero-order valence-electron chi connectivity index (χ0n) is 11.1. The molecule has 0 aliphatic carbocycles. The van der Waals surface area contributed by atoms with Crippen molar-refractivity contribution >= 4 is 11.3 Å². The van der Waals surface area contributed by atoms with Crippen LogP contribution < -0.4 is 5.32 Å². The number of halogens is 1. The van der Waals surface area contributed by atoms with Crippen LogP contribution in [0.3, 0.4) is 0 Å². The van der Waals surface area contributed by atoms with Crippen LogP contribution in [0.1, 0.15) is 10.4 Å². The molecule has 0 saturated heterocycles. The molecule has 1 N–H and O–H groups in total. The average molecular weight is 278 g/mol. The lowest BCUT2D eigenvalue weighted by Crippen LogP contribution is -2.28. The summed E-state index contributed by atoms with van der Waals surface area (Å²) in [6.07, 6.45) is 0. The number of likely N-dealkylation sites (N-methyl/N-ethyl adjacent to an activating group) is 1. The van der Waals surface area contributed by atoms with Crippen molar-refractivity contribution in [3.63, 3.8) is 0 Å². The van der Waals surface area contributed by atoms with Gasteiger partial charge in [-0.05, 0) is 36.2 Å². The molecule has 2 aromatic rings. The second-order valence-electron chi connectivity index (χ2n) is 4.62. The first-order valence-corrected chi connectivity index (χ1v) is 7.28. The van der Waals surface area contributed by atoms with Crippen molar-refractivity contribution in [2.24, 2.45) is 0 Å². The average Bonchev–Trinajstić information content (AvgIpc) is 2.88. The fraction of sp³-hybridized carbons (Fsp3) is 0.333. The number of rotatable bonds is 7. The SMILES string of the molecule is CN(CCNCc1cccs1)Cc1cccc(F)c1. The molecule has 0 saturated carbocycles. The summed E-state index contributed by atoms with van der Waals surface area (Å²) in [7, 11) is 2.05. The molecule has 0 aliphatic rings. The molecule has 2 rings (SSSR count). The van der Waals surface area contributed by atoms with Crippen molar-refractivity contribution in [3.8, 4) is 0 Å². The number of hydrogen-bond donors (Lipinski definition) is 1. The van der Waals surface area contributed by atoms with Crippen molar-refractivity contribution in [1.29, 1.82) is 0 Å². The first-order valence-electron chi connectivity index (χ1n) is 6.40. The normalized spacial score (nSPS) is 11.1. The highest BCUT2D eigenvalue weighted by atomic mass is 32.1. The number of hydrogen-bond acceptors (Lipinski definition) is 3. The van der Waals surface area contributed by atoms with Crippen LogP contribution in [0.25, 0.3) is 0 Å². The molecule has 0 amide bonds. The highest BCUT2D eigenvalue weighted by molar-refractivity contribution is 7.09. The Morgan fingerprint density at radius 2 is 2.16 bits per heavy atom. The van der Waals surface area contributed by atoms with E-state index in [1.165, 1.54) is 10.9 Å². The Hall–Kier alpha value is -1.23. The summed E-state index contributed by atoms with van der Waals surface area (Å²) < 4.78 is 13.1. The Morgan fingerprint density at radius 1 is 1.26 bits per heavy atom. The molecular weight excluding hydrogens is 259 g/mol. The van der Waals surface area contributed by atoms with Crippen LogP contribution >= 0.6 is 11.3 Å². The molecular formula is C15H19FN2S. The third-order valence-corrected chi connectivity index (χ3v) is 3.77. The summed E-state index contributed by atoms with van der Waals surface area (Å²) in [6.45, 7) is 3.58. The van der Waals surface area contributed by atoms with Crippen LogP contribution in [0.5, 0.6) is 0 Å². The van der Waals surface area contributed by atoms with Crippen LogP contribution in [0.2, 0.25) is 0 Å². The third-order valence-electron chi connectivity index (χ3n) is 2.89. The second-order valence-corrected chi connectivity index (χ2v) is 5.66. The van der Waals surface area contributed by atoms with Crippen molar-refractivity contribution in [2.75, 3.05) is 20.1 Å². The van der Waals surface area contributed by atoms with E-state index in [0.29, 0.717) is 0 Å². The minimum atomic E-state index is -0.165. The van der Waals surface area contributed by atoms with Crippen LogP contribution in [0.4, 0.5) is 4.39 Å². The summed E-state index contributed by atoms with van der Waals surface area (Å²) >= 11 is 1.77. The minimum Gasteiger partial charge on any atom is -0.311 e. The van der Waals surface area contributed by atoms with Crippen LogP contribution in [0, 0.1) is 5.82 Å². The number of nitrogens with zero attached hydrogens (tertiary/aromatic N) is 1. The molecule has 0 bridgehead atoms. The Kier molecular flexibility index (Phi) is 5.51. The van der Waals surface area contributed by atoms with Gasteiger partial charge in [0.05, 0.1) is 0 Å². The van der Waals surface area contributed by atoms with Gasteiger partial charge in [0.2, 0.25) is 0 Å². The summed E-state index contributed by atoms with van der Waals surface area (Å²) in [5.41, 5.74) is 1.01. The van der Waals surface area contributed by atoms with E-state index >= 15 is 0 Å². The molecule has 2 nitrogen and oxygen atoms in total. The largest absolute Gasteiger partial charge is 0.311 e. The lowest BCUT2D eigenvalue weighted by atomic mass is 10.2. The van der Waals surface area contributed by atoms with Gasteiger partial charge in [-0.15, -0.1) is 11.3 Å². The molecule has 1 aromatic carbocycles. The summed E-state index contributed by atoms with van der Waals surface area (Å²) in [6, 6.07) is 11.0. The smallest absolute Gasteiger partial charge is 0.123 e. The topological polar surface area (TPSA) is 15.3 Å². The molecule has 0 radical (unpaired) electrons. The molecule has 0 fully saturated rings. The fourth-order valence-corrected chi connectivity index (χ4v) is 2.60. The molecule has 0 unspecified atom stereocenters. The highest BCUT2D eigenvalue weighted by Crippen LogP contribution is 2.07. The Balaban J connectivity index is 1.65. The summed E-state index contributed by atoms with van der Waals surface area (Å²) in [5.74, 6) is -0.165. The van der Waals surface area contributed by atoms with E-state index in [1.807, 2.05) is 6.07 Å². The Bertz CT molecular complexity index is 485. The molecule has 0 atom stereocenters. The van der Waals surface area contributed by atoms with Gasteiger partial charge in [-0.1, -0.05) is 18.2 Å². The Morgan fingerprint density at radius 3 is 2.89 bits per heavy atom. The maximum Gasteiger partial charge on any atom is 0.123 e. The highest BCUT2D eigenvalue weighted by Gasteiger charge is 2.01. The van der Waals surface area contributed by atoms with Gasteiger partial charge in [0.1, 0.15) is 5.82 Å². The quantitative estimate of drug-likeness (QED) is 0.783. The van der Waals surface area contributed by atoms with Crippen molar-refractivity contribution in [2.45, 2.75) is 13.1 Å². The minimum absolute atomic E-state index is 0.165. The van der Waals surface area contributed by atoms with Crippen LogP contribution in [-0.4, -0.2) is 25.0 Å². The Labute approximate surface area is 117 Å². The van der Waals surface area contributed by atoms with Gasteiger partial charge >= 0.3 is 0 Å². The van der Waals surface area contributed by atoms with Crippen molar-refractivity contribution < 1.29 is 4.39 Å².